The number of carbonyl (C=O) groups is 1. The van der Waals surface area contributed by atoms with Gasteiger partial charge in [-0.3, -0.25) is 4.79 Å². The topological polar surface area (TPSA) is 89.8 Å². The number of hydrogen-bond acceptors (Lipinski definition) is 4. The molecule has 1 amide bonds. The summed E-state index contributed by atoms with van der Waals surface area (Å²) in [6.45, 7) is -1.43. The zero-order chi connectivity index (χ0) is 12.0. The fraction of sp³-hybridized carbons (Fsp3) is 0.727. The van der Waals surface area contributed by atoms with Crippen LogP contribution in [0.1, 0.15) is 19.3 Å². The van der Waals surface area contributed by atoms with E-state index in [0.717, 1.165) is 12.8 Å². The Kier molecular flexibility index (Phi) is 4.92. The van der Waals surface area contributed by atoms with Crippen molar-refractivity contribution in [1.82, 2.24) is 5.32 Å². The number of hydrogen-bond donors (Lipinski definition) is 4. The number of allylic oxidation sites excluding steroid dienone is 2. The second kappa shape index (κ2) is 5.98. The molecule has 16 heavy (non-hydrogen) atoms. The first-order valence-corrected chi connectivity index (χ1v) is 5.47. The maximum absolute atomic E-state index is 11.8. The van der Waals surface area contributed by atoms with Crippen LogP contribution in [0.3, 0.4) is 0 Å². The van der Waals surface area contributed by atoms with Crippen LogP contribution < -0.4 is 5.32 Å². The molecule has 0 aromatic rings. The molecule has 5 heteroatoms. The van der Waals surface area contributed by atoms with Gasteiger partial charge in [0.05, 0.1) is 19.8 Å². The predicted octanol–water partition coefficient (Wildman–Crippen LogP) is -0.825. The summed E-state index contributed by atoms with van der Waals surface area (Å²) in [7, 11) is 0. The Morgan fingerprint density at radius 2 is 1.88 bits per heavy atom. The minimum absolute atomic E-state index is 0.131. The summed E-state index contributed by atoms with van der Waals surface area (Å²) >= 11 is 0. The molecule has 0 bridgehead atoms. The van der Waals surface area contributed by atoms with Gasteiger partial charge in [0.1, 0.15) is 5.54 Å². The predicted molar refractivity (Wildman–Crippen MR) is 58.6 cm³/mol. The molecule has 4 N–H and O–H groups in total. The maximum Gasteiger partial charge on any atom is 0.224 e. The summed E-state index contributed by atoms with van der Waals surface area (Å²) in [5, 5.41) is 29.8. The molecule has 0 saturated carbocycles. The van der Waals surface area contributed by atoms with Crippen LogP contribution in [0.25, 0.3) is 0 Å². The van der Waals surface area contributed by atoms with Crippen molar-refractivity contribution in [3.05, 3.63) is 12.2 Å². The second-order valence-corrected chi connectivity index (χ2v) is 4.23. The first-order valence-electron chi connectivity index (χ1n) is 5.47. The molecule has 0 heterocycles. The molecule has 0 aromatic heterocycles. The van der Waals surface area contributed by atoms with Crippen molar-refractivity contribution in [2.75, 3.05) is 19.8 Å². The normalized spacial score (nSPS) is 20.8. The zero-order valence-electron chi connectivity index (χ0n) is 9.22. The Hall–Kier alpha value is -0.910. The number of rotatable bonds is 5. The molecule has 0 fully saturated rings. The lowest BCUT2D eigenvalue weighted by Crippen LogP contribution is -2.58. The van der Waals surface area contributed by atoms with Crippen molar-refractivity contribution in [2.45, 2.75) is 24.8 Å². The first kappa shape index (κ1) is 13.2. The summed E-state index contributed by atoms with van der Waals surface area (Å²) in [6, 6.07) is 0. The van der Waals surface area contributed by atoms with Gasteiger partial charge in [-0.2, -0.15) is 0 Å². The van der Waals surface area contributed by atoms with E-state index in [1.807, 2.05) is 12.2 Å². The highest BCUT2D eigenvalue weighted by Gasteiger charge is 2.32. The Labute approximate surface area is 94.8 Å². The number of amides is 1. The molecule has 1 aliphatic rings. The van der Waals surface area contributed by atoms with Crippen LogP contribution in [0.15, 0.2) is 12.2 Å². The SMILES string of the molecule is O=C(NC(CO)(CO)CO)C1CC=CCC1. The van der Waals surface area contributed by atoms with E-state index in [4.69, 9.17) is 15.3 Å². The highest BCUT2D eigenvalue weighted by Crippen LogP contribution is 2.19. The van der Waals surface area contributed by atoms with Gasteiger partial charge >= 0.3 is 0 Å². The van der Waals surface area contributed by atoms with Crippen molar-refractivity contribution in [3.8, 4) is 0 Å². The highest BCUT2D eigenvalue weighted by molar-refractivity contribution is 5.79. The fourth-order valence-corrected chi connectivity index (χ4v) is 1.66. The van der Waals surface area contributed by atoms with E-state index in [0.29, 0.717) is 6.42 Å². The monoisotopic (exact) mass is 229 g/mol. The highest BCUT2D eigenvalue weighted by atomic mass is 16.3. The number of aliphatic hydroxyl groups is 3. The summed E-state index contributed by atoms with van der Waals surface area (Å²) in [6.07, 6.45) is 6.28. The van der Waals surface area contributed by atoms with Crippen LogP contribution >= 0.6 is 0 Å². The molecule has 0 aliphatic heterocycles. The van der Waals surface area contributed by atoms with E-state index in [1.54, 1.807) is 0 Å². The summed E-state index contributed by atoms with van der Waals surface area (Å²) < 4.78 is 0. The van der Waals surface area contributed by atoms with Gasteiger partial charge in [0.2, 0.25) is 5.91 Å². The van der Waals surface area contributed by atoms with Crippen LogP contribution in [0.5, 0.6) is 0 Å². The lowest BCUT2D eigenvalue weighted by molar-refractivity contribution is -0.129. The van der Waals surface area contributed by atoms with E-state index < -0.39 is 25.4 Å². The number of carbonyl (C=O) groups excluding carboxylic acids is 1. The Bertz CT molecular complexity index is 252. The van der Waals surface area contributed by atoms with Crippen LogP contribution in [0, 0.1) is 5.92 Å². The Balaban J connectivity index is 2.57. The van der Waals surface area contributed by atoms with Gasteiger partial charge < -0.3 is 20.6 Å². The molecule has 0 radical (unpaired) electrons. The largest absolute Gasteiger partial charge is 0.394 e. The molecule has 1 atom stereocenters. The zero-order valence-corrected chi connectivity index (χ0v) is 9.22. The maximum atomic E-state index is 11.8. The van der Waals surface area contributed by atoms with Gasteiger partial charge in [-0.15, -0.1) is 0 Å². The van der Waals surface area contributed by atoms with Crippen LogP contribution in [0.2, 0.25) is 0 Å². The quantitative estimate of drug-likeness (QED) is 0.463. The van der Waals surface area contributed by atoms with Crippen molar-refractivity contribution in [3.63, 3.8) is 0 Å². The third-order valence-electron chi connectivity index (χ3n) is 2.94. The standard InChI is InChI=1S/C11H19NO4/c13-6-11(7-14,8-15)12-10(16)9-4-2-1-3-5-9/h1-2,9,13-15H,3-8H2,(H,12,16). The van der Waals surface area contributed by atoms with Gasteiger partial charge in [-0.1, -0.05) is 12.2 Å². The lowest BCUT2D eigenvalue weighted by Gasteiger charge is -2.31. The Morgan fingerprint density at radius 1 is 1.25 bits per heavy atom. The van der Waals surface area contributed by atoms with E-state index in [9.17, 15) is 4.79 Å². The van der Waals surface area contributed by atoms with Crippen LogP contribution in [0.4, 0.5) is 0 Å². The molecule has 0 saturated heterocycles. The minimum Gasteiger partial charge on any atom is -0.394 e. The molecule has 0 aromatic carbocycles. The van der Waals surface area contributed by atoms with Gasteiger partial charge in [0, 0.05) is 5.92 Å². The van der Waals surface area contributed by atoms with Gasteiger partial charge in [0.25, 0.3) is 0 Å². The summed E-state index contributed by atoms with van der Waals surface area (Å²) in [5.41, 5.74) is -1.31. The van der Waals surface area contributed by atoms with Crippen molar-refractivity contribution in [1.29, 1.82) is 0 Å². The second-order valence-electron chi connectivity index (χ2n) is 4.23. The van der Waals surface area contributed by atoms with Gasteiger partial charge in [0.15, 0.2) is 0 Å². The number of nitrogens with one attached hydrogen (secondary N) is 1. The molecule has 1 aliphatic carbocycles. The van der Waals surface area contributed by atoms with E-state index >= 15 is 0 Å². The van der Waals surface area contributed by atoms with Crippen LogP contribution in [-0.2, 0) is 4.79 Å². The third kappa shape index (κ3) is 3.04. The van der Waals surface area contributed by atoms with Crippen molar-refractivity contribution >= 4 is 5.91 Å². The number of aliphatic hydroxyl groups excluding tert-OH is 3. The third-order valence-corrected chi connectivity index (χ3v) is 2.94. The molecule has 1 unspecified atom stereocenters. The van der Waals surface area contributed by atoms with E-state index in [-0.39, 0.29) is 11.8 Å². The average Bonchev–Trinajstić information content (AvgIpc) is 2.37. The van der Waals surface area contributed by atoms with Crippen molar-refractivity contribution in [2.24, 2.45) is 5.92 Å². The lowest BCUT2D eigenvalue weighted by atomic mass is 9.92. The van der Waals surface area contributed by atoms with Crippen molar-refractivity contribution < 1.29 is 20.1 Å². The Morgan fingerprint density at radius 3 is 2.31 bits per heavy atom. The molecule has 5 nitrogen and oxygen atoms in total. The molecular formula is C11H19NO4. The minimum atomic E-state index is -1.31. The first-order chi connectivity index (χ1) is 7.67. The molecular weight excluding hydrogens is 210 g/mol. The van der Waals surface area contributed by atoms with E-state index in [2.05, 4.69) is 5.32 Å². The summed E-state index contributed by atoms with van der Waals surface area (Å²) in [4.78, 5) is 11.8. The van der Waals surface area contributed by atoms with Gasteiger partial charge in [-0.05, 0) is 19.3 Å². The fourth-order valence-electron chi connectivity index (χ4n) is 1.66. The molecule has 1 rings (SSSR count). The smallest absolute Gasteiger partial charge is 0.224 e. The van der Waals surface area contributed by atoms with Gasteiger partial charge in [-0.25, -0.2) is 0 Å². The summed E-state index contributed by atoms with van der Waals surface area (Å²) in [5.74, 6) is -0.351. The molecule has 0 spiro atoms. The average molecular weight is 229 g/mol. The van der Waals surface area contributed by atoms with E-state index in [1.165, 1.54) is 0 Å². The van der Waals surface area contributed by atoms with Crippen LogP contribution in [-0.4, -0.2) is 46.6 Å². The molecule has 92 valence electrons.